The molecule has 4 rings (SSSR count). The van der Waals surface area contributed by atoms with Crippen molar-refractivity contribution in [3.8, 4) is 0 Å². The predicted octanol–water partition coefficient (Wildman–Crippen LogP) is 1.47. The molecule has 25 heavy (non-hydrogen) atoms. The lowest BCUT2D eigenvalue weighted by Gasteiger charge is -2.25. The lowest BCUT2D eigenvalue weighted by Crippen LogP contribution is -2.36. The van der Waals surface area contributed by atoms with Crippen molar-refractivity contribution in [1.82, 2.24) is 15.2 Å². The highest BCUT2D eigenvalue weighted by atomic mass is 32.1. The van der Waals surface area contributed by atoms with Crippen LogP contribution in [0.5, 0.6) is 0 Å². The summed E-state index contributed by atoms with van der Waals surface area (Å²) in [5.41, 5.74) is 1.35. The SMILES string of the molecule is O=C(Nc1ccc2nc(N3CCOCC3)sc2c1)c1ccc(=O)[nH]n1. The van der Waals surface area contributed by atoms with Crippen LogP contribution >= 0.6 is 11.3 Å². The molecule has 9 heteroatoms. The lowest BCUT2D eigenvalue weighted by molar-refractivity contribution is 0.102. The van der Waals surface area contributed by atoms with Crippen LogP contribution in [-0.4, -0.2) is 47.4 Å². The van der Waals surface area contributed by atoms with Gasteiger partial charge in [-0.2, -0.15) is 5.10 Å². The number of aromatic amines is 1. The van der Waals surface area contributed by atoms with Crippen molar-refractivity contribution in [3.05, 3.63) is 46.4 Å². The van der Waals surface area contributed by atoms with E-state index in [2.05, 4.69) is 25.4 Å². The average molecular weight is 357 g/mol. The molecule has 0 saturated carbocycles. The van der Waals surface area contributed by atoms with Gasteiger partial charge in [-0.1, -0.05) is 11.3 Å². The molecule has 1 aliphatic rings. The zero-order valence-electron chi connectivity index (χ0n) is 13.2. The molecular formula is C16H15N5O3S. The van der Waals surface area contributed by atoms with Crippen LogP contribution < -0.4 is 15.8 Å². The Labute approximate surface area is 146 Å². The number of anilines is 2. The lowest BCUT2D eigenvalue weighted by atomic mass is 10.3. The summed E-state index contributed by atoms with van der Waals surface area (Å²) in [5, 5.41) is 9.71. The minimum Gasteiger partial charge on any atom is -0.378 e. The zero-order valence-corrected chi connectivity index (χ0v) is 14.0. The number of nitrogens with one attached hydrogen (secondary N) is 2. The highest BCUT2D eigenvalue weighted by molar-refractivity contribution is 7.22. The first-order chi connectivity index (χ1) is 12.2. The smallest absolute Gasteiger partial charge is 0.276 e. The van der Waals surface area contributed by atoms with Crippen LogP contribution in [0.1, 0.15) is 10.5 Å². The summed E-state index contributed by atoms with van der Waals surface area (Å²) in [7, 11) is 0. The molecule has 3 heterocycles. The summed E-state index contributed by atoms with van der Waals surface area (Å²) in [4.78, 5) is 30.1. The van der Waals surface area contributed by atoms with E-state index in [0.29, 0.717) is 18.9 Å². The van der Waals surface area contributed by atoms with Gasteiger partial charge in [0.2, 0.25) is 0 Å². The maximum absolute atomic E-state index is 12.2. The number of hydrogen-bond acceptors (Lipinski definition) is 7. The Balaban J connectivity index is 1.55. The standard InChI is InChI=1S/C16H15N5O3S/c22-14-4-3-12(19-20-14)15(23)17-10-1-2-11-13(9-10)25-16(18-11)21-5-7-24-8-6-21/h1-4,9H,5-8H2,(H,17,23)(H,20,22). The maximum atomic E-state index is 12.2. The van der Waals surface area contributed by atoms with Crippen LogP contribution in [0.25, 0.3) is 10.2 Å². The number of amides is 1. The van der Waals surface area contributed by atoms with Gasteiger partial charge >= 0.3 is 0 Å². The van der Waals surface area contributed by atoms with E-state index in [1.54, 1.807) is 17.4 Å². The van der Waals surface area contributed by atoms with Crippen molar-refractivity contribution in [2.45, 2.75) is 0 Å². The van der Waals surface area contributed by atoms with Gasteiger partial charge in [0, 0.05) is 24.8 Å². The number of fused-ring (bicyclic) bond motifs is 1. The molecular weight excluding hydrogens is 342 g/mol. The average Bonchev–Trinajstić information content (AvgIpc) is 3.06. The number of morpholine rings is 1. The molecule has 0 atom stereocenters. The molecule has 8 nitrogen and oxygen atoms in total. The number of ether oxygens (including phenoxy) is 1. The number of rotatable bonds is 3. The Bertz CT molecular complexity index is 957. The van der Waals surface area contributed by atoms with Gasteiger partial charge in [0.25, 0.3) is 11.5 Å². The van der Waals surface area contributed by atoms with Crippen LogP contribution in [0.4, 0.5) is 10.8 Å². The normalized spacial score (nSPS) is 14.6. The van der Waals surface area contributed by atoms with Crippen molar-refractivity contribution in [2.75, 3.05) is 36.5 Å². The molecule has 0 spiro atoms. The molecule has 128 valence electrons. The number of nitrogens with zero attached hydrogens (tertiary/aromatic N) is 3. The second kappa shape index (κ2) is 6.61. The van der Waals surface area contributed by atoms with Gasteiger partial charge in [0.05, 0.1) is 23.4 Å². The second-order valence-electron chi connectivity index (χ2n) is 5.54. The van der Waals surface area contributed by atoms with Crippen LogP contribution in [0.3, 0.4) is 0 Å². The Morgan fingerprint density at radius 1 is 1.24 bits per heavy atom. The van der Waals surface area contributed by atoms with Crippen molar-refractivity contribution in [1.29, 1.82) is 0 Å². The summed E-state index contributed by atoms with van der Waals surface area (Å²) < 4.78 is 6.36. The molecule has 2 aromatic heterocycles. The van der Waals surface area contributed by atoms with Gasteiger partial charge in [-0.15, -0.1) is 0 Å². The van der Waals surface area contributed by atoms with Crippen molar-refractivity contribution < 1.29 is 9.53 Å². The van der Waals surface area contributed by atoms with Crippen LogP contribution in [0.15, 0.2) is 35.1 Å². The number of benzene rings is 1. The van der Waals surface area contributed by atoms with Crippen molar-refractivity contribution in [2.24, 2.45) is 0 Å². The van der Waals surface area contributed by atoms with Gasteiger partial charge in [-0.25, -0.2) is 10.1 Å². The van der Waals surface area contributed by atoms with Crippen LogP contribution in [0, 0.1) is 0 Å². The highest BCUT2D eigenvalue weighted by Crippen LogP contribution is 2.31. The number of carbonyl (C=O) groups is 1. The molecule has 0 aliphatic carbocycles. The Hall–Kier alpha value is -2.78. The largest absolute Gasteiger partial charge is 0.378 e. The van der Waals surface area contributed by atoms with E-state index < -0.39 is 0 Å². The molecule has 1 amide bonds. The molecule has 0 unspecified atom stereocenters. The third-order valence-electron chi connectivity index (χ3n) is 3.83. The van der Waals surface area contributed by atoms with Crippen LogP contribution in [-0.2, 0) is 4.74 Å². The molecule has 1 aliphatic heterocycles. The number of H-pyrrole nitrogens is 1. The zero-order chi connectivity index (χ0) is 17.2. The van der Waals surface area contributed by atoms with Crippen molar-refractivity contribution >= 4 is 38.3 Å². The first-order valence-corrected chi connectivity index (χ1v) is 8.61. The molecule has 2 N–H and O–H groups in total. The molecule has 0 bridgehead atoms. The first-order valence-electron chi connectivity index (χ1n) is 7.79. The van der Waals surface area contributed by atoms with E-state index in [-0.39, 0.29) is 17.2 Å². The third-order valence-corrected chi connectivity index (χ3v) is 4.91. The number of hydrogen-bond donors (Lipinski definition) is 2. The molecule has 0 radical (unpaired) electrons. The summed E-state index contributed by atoms with van der Waals surface area (Å²) >= 11 is 1.59. The number of aromatic nitrogens is 3. The van der Waals surface area contributed by atoms with E-state index in [0.717, 1.165) is 28.4 Å². The fourth-order valence-electron chi connectivity index (χ4n) is 2.55. The van der Waals surface area contributed by atoms with Gasteiger partial charge in [-0.3, -0.25) is 9.59 Å². The van der Waals surface area contributed by atoms with Gasteiger partial charge < -0.3 is 15.0 Å². The summed E-state index contributed by atoms with van der Waals surface area (Å²) in [6.07, 6.45) is 0. The van der Waals surface area contributed by atoms with Crippen LogP contribution in [0.2, 0.25) is 0 Å². The monoisotopic (exact) mass is 357 g/mol. The quantitative estimate of drug-likeness (QED) is 0.736. The fourth-order valence-corrected chi connectivity index (χ4v) is 3.60. The number of thiazole rings is 1. The summed E-state index contributed by atoms with van der Waals surface area (Å²) in [6.45, 7) is 3.09. The Morgan fingerprint density at radius 3 is 2.84 bits per heavy atom. The van der Waals surface area contributed by atoms with E-state index in [1.807, 2.05) is 12.1 Å². The fraction of sp³-hybridized carbons (Fsp3) is 0.250. The Morgan fingerprint density at radius 2 is 2.08 bits per heavy atom. The Kier molecular flexibility index (Phi) is 4.16. The second-order valence-corrected chi connectivity index (χ2v) is 6.55. The molecule has 3 aromatic rings. The first kappa shape index (κ1) is 15.7. The minimum absolute atomic E-state index is 0.151. The van der Waals surface area contributed by atoms with Crippen molar-refractivity contribution in [3.63, 3.8) is 0 Å². The molecule has 1 aromatic carbocycles. The van der Waals surface area contributed by atoms with Gasteiger partial charge in [-0.05, 0) is 24.3 Å². The molecule has 1 fully saturated rings. The van der Waals surface area contributed by atoms with Gasteiger partial charge in [0.1, 0.15) is 5.69 Å². The molecule has 1 saturated heterocycles. The van der Waals surface area contributed by atoms with E-state index in [1.165, 1.54) is 12.1 Å². The highest BCUT2D eigenvalue weighted by Gasteiger charge is 2.16. The summed E-state index contributed by atoms with van der Waals surface area (Å²) in [5.74, 6) is -0.381. The van der Waals surface area contributed by atoms with E-state index >= 15 is 0 Å². The summed E-state index contributed by atoms with van der Waals surface area (Å²) in [6, 6.07) is 8.22. The predicted molar refractivity (Wildman–Crippen MR) is 95.5 cm³/mol. The van der Waals surface area contributed by atoms with E-state index in [9.17, 15) is 9.59 Å². The maximum Gasteiger partial charge on any atom is 0.276 e. The minimum atomic E-state index is -0.381. The third kappa shape index (κ3) is 3.37. The topological polar surface area (TPSA) is 100 Å². The van der Waals surface area contributed by atoms with Gasteiger partial charge in [0.15, 0.2) is 5.13 Å². The van der Waals surface area contributed by atoms with E-state index in [4.69, 9.17) is 4.74 Å². The number of carbonyl (C=O) groups excluding carboxylic acids is 1.